The maximum atomic E-state index is 5.51. The van der Waals surface area contributed by atoms with Crippen molar-refractivity contribution in [1.82, 2.24) is 4.90 Å². The second-order valence-corrected chi connectivity index (χ2v) is 4.21. The summed E-state index contributed by atoms with van der Waals surface area (Å²) in [4.78, 5) is 2.31. The van der Waals surface area contributed by atoms with Crippen molar-refractivity contribution < 1.29 is 4.74 Å². The first kappa shape index (κ1) is 11.7. The highest BCUT2D eigenvalue weighted by atomic mass is 16.5. The van der Waals surface area contributed by atoms with Crippen LogP contribution in [0.1, 0.15) is 12.8 Å². The lowest BCUT2D eigenvalue weighted by Gasteiger charge is -2.27. The van der Waals surface area contributed by atoms with E-state index in [1.54, 1.807) is 0 Å². The smallest absolute Gasteiger partial charge is 0.0469 e. The van der Waals surface area contributed by atoms with Gasteiger partial charge in [0.2, 0.25) is 0 Å². The third kappa shape index (κ3) is 4.22. The van der Waals surface area contributed by atoms with Crippen LogP contribution in [0.5, 0.6) is 0 Å². The molecule has 0 atom stereocenters. The molecule has 1 aliphatic rings. The summed E-state index contributed by atoms with van der Waals surface area (Å²) in [6, 6.07) is 0. The molecule has 0 bridgehead atoms. The molecule has 0 aromatic carbocycles. The molecule has 1 saturated heterocycles. The van der Waals surface area contributed by atoms with E-state index >= 15 is 0 Å². The van der Waals surface area contributed by atoms with Gasteiger partial charge in [-0.25, -0.2) is 0 Å². The van der Waals surface area contributed by atoms with Crippen LogP contribution in [0, 0.1) is 5.92 Å². The van der Waals surface area contributed by atoms with Crippen LogP contribution in [0.15, 0.2) is 12.2 Å². The van der Waals surface area contributed by atoms with Crippen molar-refractivity contribution in [2.75, 3.05) is 39.9 Å². The Balaban J connectivity index is 2.18. The average molecular weight is 198 g/mol. The van der Waals surface area contributed by atoms with Crippen LogP contribution in [0.2, 0.25) is 0 Å². The van der Waals surface area contributed by atoms with Gasteiger partial charge in [-0.05, 0) is 31.4 Å². The van der Waals surface area contributed by atoms with E-state index in [9.17, 15) is 0 Å². The summed E-state index contributed by atoms with van der Waals surface area (Å²) < 4.78 is 5.33. The predicted octanol–water partition coefficient (Wildman–Crippen LogP) is 0.860. The molecule has 3 nitrogen and oxygen atoms in total. The van der Waals surface area contributed by atoms with E-state index in [1.165, 1.54) is 12.8 Å². The van der Waals surface area contributed by atoms with Crippen LogP contribution in [-0.2, 0) is 4.74 Å². The van der Waals surface area contributed by atoms with Crippen LogP contribution < -0.4 is 5.73 Å². The molecule has 2 N–H and O–H groups in total. The van der Waals surface area contributed by atoms with Crippen LogP contribution in [0.25, 0.3) is 0 Å². The van der Waals surface area contributed by atoms with Gasteiger partial charge in [0, 0.05) is 32.8 Å². The van der Waals surface area contributed by atoms with Crippen molar-refractivity contribution in [3.05, 3.63) is 12.2 Å². The second kappa shape index (κ2) is 6.17. The van der Waals surface area contributed by atoms with Gasteiger partial charge in [0.05, 0.1) is 0 Å². The molecule has 0 unspecified atom stereocenters. The Morgan fingerprint density at radius 2 is 2.14 bits per heavy atom. The Kier molecular flexibility index (Phi) is 5.15. The number of rotatable bonds is 5. The summed E-state index contributed by atoms with van der Waals surface area (Å²) in [5.74, 6) is 0.791. The number of nitrogens with two attached hydrogens (primary N) is 1. The standard InChI is InChI=1S/C11H22N2O/c1-10(7-12)8-13(2)9-11-3-5-14-6-4-11/h11H,1,3-9,12H2,2H3. The normalized spacial score (nSPS) is 18.8. The van der Waals surface area contributed by atoms with Gasteiger partial charge in [0.1, 0.15) is 0 Å². The average Bonchev–Trinajstić information content (AvgIpc) is 2.19. The van der Waals surface area contributed by atoms with Crippen LogP contribution in [0.3, 0.4) is 0 Å². The van der Waals surface area contributed by atoms with E-state index in [1.807, 2.05) is 0 Å². The molecule has 14 heavy (non-hydrogen) atoms. The van der Waals surface area contributed by atoms with Gasteiger partial charge in [0.25, 0.3) is 0 Å². The third-order valence-electron chi connectivity index (χ3n) is 2.69. The van der Waals surface area contributed by atoms with Crippen molar-refractivity contribution in [2.45, 2.75) is 12.8 Å². The number of hydrogen-bond donors (Lipinski definition) is 1. The van der Waals surface area contributed by atoms with E-state index in [0.29, 0.717) is 6.54 Å². The second-order valence-electron chi connectivity index (χ2n) is 4.21. The molecule has 3 heteroatoms. The van der Waals surface area contributed by atoms with Gasteiger partial charge in [0.15, 0.2) is 0 Å². The van der Waals surface area contributed by atoms with Gasteiger partial charge in [-0.1, -0.05) is 6.58 Å². The molecule has 1 aliphatic heterocycles. The Labute approximate surface area is 86.9 Å². The summed E-state index contributed by atoms with van der Waals surface area (Å²) in [5, 5.41) is 0. The van der Waals surface area contributed by atoms with Crippen LogP contribution >= 0.6 is 0 Å². The molecular weight excluding hydrogens is 176 g/mol. The highest BCUT2D eigenvalue weighted by molar-refractivity contribution is 4.98. The summed E-state index contributed by atoms with van der Waals surface area (Å²) in [7, 11) is 2.14. The van der Waals surface area contributed by atoms with E-state index in [2.05, 4.69) is 18.5 Å². The Morgan fingerprint density at radius 3 is 2.71 bits per heavy atom. The quantitative estimate of drug-likeness (QED) is 0.666. The first-order valence-electron chi connectivity index (χ1n) is 5.35. The van der Waals surface area contributed by atoms with E-state index in [0.717, 1.165) is 37.8 Å². The molecule has 0 amide bonds. The SMILES string of the molecule is C=C(CN)CN(C)CC1CCOCC1. The first-order valence-corrected chi connectivity index (χ1v) is 5.35. The van der Waals surface area contributed by atoms with Crippen molar-refractivity contribution in [2.24, 2.45) is 11.7 Å². The van der Waals surface area contributed by atoms with Crippen molar-refractivity contribution >= 4 is 0 Å². The minimum absolute atomic E-state index is 0.595. The Morgan fingerprint density at radius 1 is 1.50 bits per heavy atom. The molecule has 82 valence electrons. The van der Waals surface area contributed by atoms with Crippen LogP contribution in [0.4, 0.5) is 0 Å². The maximum absolute atomic E-state index is 5.51. The molecule has 1 heterocycles. The molecule has 0 aliphatic carbocycles. The minimum Gasteiger partial charge on any atom is -0.381 e. The van der Waals surface area contributed by atoms with Gasteiger partial charge in [-0.2, -0.15) is 0 Å². The van der Waals surface area contributed by atoms with Crippen molar-refractivity contribution in [1.29, 1.82) is 0 Å². The highest BCUT2D eigenvalue weighted by Gasteiger charge is 2.15. The third-order valence-corrected chi connectivity index (χ3v) is 2.69. The number of hydrogen-bond acceptors (Lipinski definition) is 3. The molecule has 1 rings (SSSR count). The molecule has 0 aromatic heterocycles. The zero-order valence-corrected chi connectivity index (χ0v) is 9.17. The fraction of sp³-hybridized carbons (Fsp3) is 0.818. The fourth-order valence-electron chi connectivity index (χ4n) is 1.88. The topological polar surface area (TPSA) is 38.5 Å². The number of nitrogens with zero attached hydrogens (tertiary/aromatic N) is 1. The van der Waals surface area contributed by atoms with Crippen molar-refractivity contribution in [3.63, 3.8) is 0 Å². The zero-order chi connectivity index (χ0) is 10.4. The van der Waals surface area contributed by atoms with Gasteiger partial charge >= 0.3 is 0 Å². The lowest BCUT2D eigenvalue weighted by atomic mass is 10.00. The molecule has 0 aromatic rings. The van der Waals surface area contributed by atoms with Crippen LogP contribution in [-0.4, -0.2) is 44.8 Å². The first-order chi connectivity index (χ1) is 6.72. The Bertz CT molecular complexity index is 176. The molecule has 0 radical (unpaired) electrons. The maximum Gasteiger partial charge on any atom is 0.0469 e. The van der Waals surface area contributed by atoms with E-state index in [-0.39, 0.29) is 0 Å². The summed E-state index contributed by atoms with van der Waals surface area (Å²) >= 11 is 0. The summed E-state index contributed by atoms with van der Waals surface area (Å²) in [6.45, 7) is 8.43. The lowest BCUT2D eigenvalue weighted by Crippen LogP contribution is -2.31. The van der Waals surface area contributed by atoms with Gasteiger partial charge in [-0.3, -0.25) is 0 Å². The fourth-order valence-corrected chi connectivity index (χ4v) is 1.88. The molecule has 1 fully saturated rings. The van der Waals surface area contributed by atoms with E-state index < -0.39 is 0 Å². The predicted molar refractivity (Wildman–Crippen MR) is 59.2 cm³/mol. The van der Waals surface area contributed by atoms with Crippen molar-refractivity contribution in [3.8, 4) is 0 Å². The van der Waals surface area contributed by atoms with Gasteiger partial charge in [-0.15, -0.1) is 0 Å². The minimum atomic E-state index is 0.595. The van der Waals surface area contributed by atoms with E-state index in [4.69, 9.17) is 10.5 Å². The number of ether oxygens (including phenoxy) is 1. The lowest BCUT2D eigenvalue weighted by molar-refractivity contribution is 0.0567. The summed E-state index contributed by atoms with van der Waals surface area (Å²) in [6.07, 6.45) is 2.39. The summed E-state index contributed by atoms with van der Waals surface area (Å²) in [5.41, 5.74) is 6.62. The van der Waals surface area contributed by atoms with Gasteiger partial charge < -0.3 is 15.4 Å². The molecule has 0 saturated carbocycles. The highest BCUT2D eigenvalue weighted by Crippen LogP contribution is 2.15. The zero-order valence-electron chi connectivity index (χ0n) is 9.17. The monoisotopic (exact) mass is 198 g/mol. The molecular formula is C11H22N2O. The Hall–Kier alpha value is -0.380. The largest absolute Gasteiger partial charge is 0.381 e. The number of likely N-dealkylation sites (N-methyl/N-ethyl adjacent to an activating group) is 1. The molecule has 0 spiro atoms.